The number of hydrogen-bond acceptors (Lipinski definition) is 5. The van der Waals surface area contributed by atoms with Gasteiger partial charge < -0.3 is 10.0 Å². The first kappa shape index (κ1) is 26.0. The zero-order valence-corrected chi connectivity index (χ0v) is 22.9. The summed E-state index contributed by atoms with van der Waals surface area (Å²) in [7, 11) is 0. The van der Waals surface area contributed by atoms with Crippen LogP contribution in [-0.2, 0) is 13.1 Å². The van der Waals surface area contributed by atoms with E-state index >= 15 is 0 Å². The molecule has 1 amide bonds. The van der Waals surface area contributed by atoms with Crippen molar-refractivity contribution in [3.8, 4) is 10.4 Å². The van der Waals surface area contributed by atoms with Crippen molar-refractivity contribution in [2.75, 3.05) is 6.54 Å². The predicted octanol–water partition coefficient (Wildman–Crippen LogP) is 4.89. The van der Waals surface area contributed by atoms with E-state index in [0.717, 1.165) is 22.7 Å². The Bertz CT molecular complexity index is 1590. The molecule has 1 saturated heterocycles. The molecule has 1 N–H and O–H groups in total. The molecule has 2 unspecified atom stereocenters. The number of nitrogens with zero attached hydrogens (tertiary/aromatic N) is 5. The first-order valence-electron chi connectivity index (χ1n) is 12.9. The molecule has 9 nitrogen and oxygen atoms in total. The molecule has 38 heavy (non-hydrogen) atoms. The number of piperidine rings is 1. The minimum atomic E-state index is -0.971. The van der Waals surface area contributed by atoms with Crippen LogP contribution in [0.3, 0.4) is 0 Å². The lowest BCUT2D eigenvalue weighted by atomic mass is 9.79. The van der Waals surface area contributed by atoms with Crippen molar-refractivity contribution in [2.45, 2.75) is 65.7 Å². The van der Waals surface area contributed by atoms with Crippen LogP contribution in [0.25, 0.3) is 20.7 Å². The monoisotopic (exact) mass is 535 g/mol. The summed E-state index contributed by atoms with van der Waals surface area (Å²) in [6.45, 7) is 9.22. The van der Waals surface area contributed by atoms with Gasteiger partial charge in [-0.2, -0.15) is 5.10 Å². The molecule has 10 heteroatoms. The highest BCUT2D eigenvalue weighted by Gasteiger charge is 2.40. The summed E-state index contributed by atoms with van der Waals surface area (Å²) in [5, 5.41) is 14.4. The highest BCUT2D eigenvalue weighted by molar-refractivity contribution is 7.22. The Morgan fingerprint density at radius 2 is 1.89 bits per heavy atom. The van der Waals surface area contributed by atoms with Gasteiger partial charge >= 0.3 is 11.8 Å². The lowest BCUT2D eigenvalue weighted by Gasteiger charge is -2.44. The highest BCUT2D eigenvalue weighted by atomic mass is 32.1. The van der Waals surface area contributed by atoms with E-state index in [1.54, 1.807) is 4.57 Å². The number of thiophene rings is 1. The van der Waals surface area contributed by atoms with E-state index in [-0.39, 0.29) is 35.8 Å². The Hall–Kier alpha value is -3.66. The van der Waals surface area contributed by atoms with Gasteiger partial charge in [-0.05, 0) is 42.9 Å². The lowest BCUT2D eigenvalue weighted by Crippen LogP contribution is -2.54. The fraction of sp³-hybridized carbons (Fsp3) is 0.429. The van der Waals surface area contributed by atoms with Crippen molar-refractivity contribution in [3.63, 3.8) is 0 Å². The predicted molar refractivity (Wildman–Crippen MR) is 149 cm³/mol. The zero-order valence-electron chi connectivity index (χ0n) is 22.1. The van der Waals surface area contributed by atoms with E-state index in [9.17, 15) is 19.5 Å². The lowest BCUT2D eigenvalue weighted by molar-refractivity contribution is 0.0414. The van der Waals surface area contributed by atoms with Gasteiger partial charge in [0.25, 0.3) is 5.56 Å². The van der Waals surface area contributed by atoms with Crippen molar-refractivity contribution in [1.82, 2.24) is 23.8 Å². The summed E-state index contributed by atoms with van der Waals surface area (Å²) in [5.41, 5.74) is 1.28. The van der Waals surface area contributed by atoms with Crippen LogP contribution in [0.4, 0.5) is 4.79 Å². The second kappa shape index (κ2) is 9.90. The number of benzene rings is 1. The van der Waals surface area contributed by atoms with E-state index in [1.807, 2.05) is 81.0 Å². The molecule has 0 bridgehead atoms. The van der Waals surface area contributed by atoms with Crippen LogP contribution in [0.2, 0.25) is 0 Å². The van der Waals surface area contributed by atoms with Crippen LogP contribution in [0.5, 0.6) is 0 Å². The normalized spacial score (nSPS) is 18.3. The molecule has 200 valence electrons. The smallest absolute Gasteiger partial charge is 0.407 e. The number of carboxylic acid groups (broad SMARTS) is 1. The summed E-state index contributed by atoms with van der Waals surface area (Å²) in [4.78, 5) is 42.3. The van der Waals surface area contributed by atoms with Crippen molar-refractivity contribution in [2.24, 2.45) is 5.41 Å². The van der Waals surface area contributed by atoms with Gasteiger partial charge in [-0.25, -0.2) is 9.59 Å². The first-order chi connectivity index (χ1) is 18.1. The Morgan fingerprint density at radius 1 is 1.16 bits per heavy atom. The van der Waals surface area contributed by atoms with Gasteiger partial charge in [0.15, 0.2) is 0 Å². The average Bonchev–Trinajstić information content (AvgIpc) is 3.54. The molecule has 3 aromatic heterocycles. The molecular weight excluding hydrogens is 502 g/mol. The number of rotatable bonds is 5. The van der Waals surface area contributed by atoms with E-state index in [2.05, 4.69) is 5.10 Å². The maximum absolute atomic E-state index is 14.1. The number of aryl methyl sites for hydroxylation is 1. The molecule has 1 aliphatic rings. The van der Waals surface area contributed by atoms with Gasteiger partial charge in [0.1, 0.15) is 4.70 Å². The van der Waals surface area contributed by atoms with Crippen LogP contribution in [0.1, 0.15) is 52.3 Å². The molecule has 1 fully saturated rings. The molecule has 0 radical (unpaired) electrons. The van der Waals surface area contributed by atoms with E-state index in [0.29, 0.717) is 23.1 Å². The molecule has 2 atom stereocenters. The zero-order chi connectivity index (χ0) is 27.2. The van der Waals surface area contributed by atoms with Crippen LogP contribution in [0, 0.1) is 5.41 Å². The molecule has 0 spiro atoms. The van der Waals surface area contributed by atoms with Crippen molar-refractivity contribution < 1.29 is 9.90 Å². The minimum Gasteiger partial charge on any atom is -0.465 e. The maximum atomic E-state index is 14.1. The fourth-order valence-electron chi connectivity index (χ4n) is 5.44. The highest BCUT2D eigenvalue weighted by Crippen LogP contribution is 2.37. The maximum Gasteiger partial charge on any atom is 0.407 e. The molecule has 0 saturated carbocycles. The SMILES string of the molecule is CCn1ccc(Cn2c(=O)n(C3CCN(C(=O)O)C(C(C)(C)C)C3)c(=O)c3sc(-c4ccccc4)cc32)n1. The average molecular weight is 536 g/mol. The van der Waals surface area contributed by atoms with E-state index < -0.39 is 12.1 Å². The Morgan fingerprint density at radius 3 is 2.53 bits per heavy atom. The van der Waals surface area contributed by atoms with Crippen molar-refractivity contribution >= 4 is 27.6 Å². The number of aromatic nitrogens is 4. The van der Waals surface area contributed by atoms with Crippen molar-refractivity contribution in [3.05, 3.63) is 75.2 Å². The third-order valence-electron chi connectivity index (χ3n) is 7.44. The molecule has 1 aliphatic heterocycles. The summed E-state index contributed by atoms with van der Waals surface area (Å²) in [6, 6.07) is 12.9. The van der Waals surface area contributed by atoms with Crippen LogP contribution in [0.15, 0.2) is 58.3 Å². The summed E-state index contributed by atoms with van der Waals surface area (Å²) in [5.74, 6) is 0. The molecule has 5 rings (SSSR count). The van der Waals surface area contributed by atoms with E-state index in [1.165, 1.54) is 20.8 Å². The van der Waals surface area contributed by atoms with Gasteiger partial charge in [-0.1, -0.05) is 51.1 Å². The fourth-order valence-corrected chi connectivity index (χ4v) is 6.55. The Balaban J connectivity index is 1.67. The summed E-state index contributed by atoms with van der Waals surface area (Å²) >= 11 is 1.39. The van der Waals surface area contributed by atoms with Gasteiger partial charge in [0.2, 0.25) is 0 Å². The quantitative estimate of drug-likeness (QED) is 0.392. The number of carbonyl (C=O) groups is 1. The van der Waals surface area contributed by atoms with Crippen molar-refractivity contribution in [1.29, 1.82) is 0 Å². The topological polar surface area (TPSA) is 102 Å². The van der Waals surface area contributed by atoms with Gasteiger partial charge in [0.05, 0.1) is 17.8 Å². The summed E-state index contributed by atoms with van der Waals surface area (Å²) in [6.07, 6.45) is 1.71. The van der Waals surface area contributed by atoms with E-state index in [4.69, 9.17) is 0 Å². The molecule has 0 aliphatic carbocycles. The number of hydrogen-bond donors (Lipinski definition) is 1. The molecule has 4 heterocycles. The van der Waals surface area contributed by atoms with Crippen LogP contribution in [-0.4, -0.2) is 47.6 Å². The Kier molecular flexibility index (Phi) is 6.77. The third-order valence-corrected chi connectivity index (χ3v) is 8.60. The molecule has 1 aromatic carbocycles. The molecule has 4 aromatic rings. The van der Waals surface area contributed by atoms with Gasteiger partial charge in [0, 0.05) is 36.2 Å². The first-order valence-corrected chi connectivity index (χ1v) is 13.8. The second-order valence-corrected chi connectivity index (χ2v) is 12.0. The Labute approximate surface area is 224 Å². The van der Waals surface area contributed by atoms with Crippen LogP contribution >= 0.6 is 11.3 Å². The van der Waals surface area contributed by atoms with Crippen LogP contribution < -0.4 is 11.2 Å². The van der Waals surface area contributed by atoms with Gasteiger partial charge in [-0.15, -0.1) is 11.3 Å². The largest absolute Gasteiger partial charge is 0.465 e. The molecular formula is C28H33N5O4S. The third kappa shape index (κ3) is 4.69. The second-order valence-electron chi connectivity index (χ2n) is 10.9. The number of amides is 1. The summed E-state index contributed by atoms with van der Waals surface area (Å²) < 4.78 is 5.36. The van der Waals surface area contributed by atoms with Gasteiger partial charge in [-0.3, -0.25) is 18.6 Å². The number of likely N-dealkylation sites (tertiary alicyclic amines) is 1. The minimum absolute atomic E-state index is 0.240. The number of fused-ring (bicyclic) bond motifs is 1. The standard InChI is InChI=1S/C28H33N5O4S/c1-5-30-13-11-19(29-30)17-32-21-16-22(18-9-7-6-8-10-18)38-24(21)25(34)33(26(32)35)20-12-14-31(27(36)37)23(15-20)28(2,3)4/h6-11,13,16,20,23H,5,12,14-15,17H2,1-4H3,(H,36,37).